The standard InChI is InChI=1S/C27H36F3NO5S/c1-15-8-7-9-19(27(28,29)30)10-11-21(16(2)12-20-14-37-18(4)31-20)36-23(33)13-22(32)26(5,6)25(35)17(3)24(15)34/h7-8,10,12,14-15,17,21-22,24,32,34H,9,11,13H2,1-6H3/b8-7+,16-12+,19-10+/t15?,17?,21?,22-,24-/m0/s1. The lowest BCUT2D eigenvalue weighted by atomic mass is 9.73. The summed E-state index contributed by atoms with van der Waals surface area (Å²) in [6.07, 6.45) is -4.04. The number of alkyl halides is 3. The number of aromatic nitrogens is 1. The Morgan fingerprint density at radius 3 is 2.46 bits per heavy atom. The van der Waals surface area contributed by atoms with E-state index in [9.17, 15) is 33.0 Å². The molecule has 37 heavy (non-hydrogen) atoms. The Morgan fingerprint density at radius 2 is 1.89 bits per heavy atom. The van der Waals surface area contributed by atoms with E-state index in [-0.39, 0.29) is 6.42 Å². The van der Waals surface area contributed by atoms with Gasteiger partial charge in [-0.1, -0.05) is 45.9 Å². The Kier molecular flexibility index (Phi) is 10.4. The monoisotopic (exact) mass is 543 g/mol. The van der Waals surface area contributed by atoms with Crippen molar-refractivity contribution in [1.82, 2.24) is 4.98 Å². The van der Waals surface area contributed by atoms with E-state index in [1.807, 2.05) is 6.92 Å². The molecule has 0 radical (unpaired) electrons. The number of ether oxygens (including phenoxy) is 1. The number of nitrogens with zero attached hydrogens (tertiary/aromatic N) is 1. The fourth-order valence-electron chi connectivity index (χ4n) is 4.17. The van der Waals surface area contributed by atoms with Gasteiger partial charge in [-0.15, -0.1) is 11.3 Å². The van der Waals surface area contributed by atoms with E-state index < -0.39 is 71.9 Å². The molecule has 5 atom stereocenters. The Hall–Kier alpha value is -2.30. The maximum Gasteiger partial charge on any atom is 0.412 e. The second kappa shape index (κ2) is 12.5. The van der Waals surface area contributed by atoms with E-state index in [2.05, 4.69) is 4.98 Å². The summed E-state index contributed by atoms with van der Waals surface area (Å²) in [4.78, 5) is 30.2. The molecule has 1 aromatic rings. The van der Waals surface area contributed by atoms with Gasteiger partial charge in [0.2, 0.25) is 0 Å². The number of thiazole rings is 1. The molecule has 0 saturated carbocycles. The SMILES string of the molecule is C/C(=C\c1csc(C)n1)C1C/C=C(/C(F)(F)F)C/C=C/C(C)[C@H](O)C(C)C(=O)C(C)(C)[C@@H](O)CC(=O)O1. The van der Waals surface area contributed by atoms with Crippen molar-refractivity contribution < 1.29 is 37.7 Å². The number of hydrogen-bond acceptors (Lipinski definition) is 7. The molecule has 1 aliphatic rings. The van der Waals surface area contributed by atoms with Gasteiger partial charge in [0, 0.05) is 29.2 Å². The van der Waals surface area contributed by atoms with Gasteiger partial charge >= 0.3 is 12.1 Å². The molecule has 2 heterocycles. The third-order valence-electron chi connectivity index (χ3n) is 6.81. The van der Waals surface area contributed by atoms with Crippen LogP contribution in [0.4, 0.5) is 13.2 Å². The molecule has 1 aliphatic heterocycles. The number of halogens is 3. The molecule has 0 aromatic carbocycles. The van der Waals surface area contributed by atoms with Gasteiger partial charge in [-0.2, -0.15) is 13.2 Å². The number of allylic oxidation sites excluding steroid dienone is 2. The molecule has 2 N–H and O–H groups in total. The van der Waals surface area contributed by atoms with Crippen molar-refractivity contribution in [3.63, 3.8) is 0 Å². The minimum Gasteiger partial charge on any atom is -0.457 e. The highest BCUT2D eigenvalue weighted by atomic mass is 32.1. The topological polar surface area (TPSA) is 96.7 Å². The summed E-state index contributed by atoms with van der Waals surface area (Å²) in [6.45, 7) is 9.55. The van der Waals surface area contributed by atoms with Crippen molar-refractivity contribution in [2.24, 2.45) is 17.3 Å². The predicted molar refractivity (Wildman–Crippen MR) is 137 cm³/mol. The average molecular weight is 544 g/mol. The van der Waals surface area contributed by atoms with Crippen LogP contribution < -0.4 is 0 Å². The lowest BCUT2D eigenvalue weighted by Crippen LogP contribution is -2.45. The van der Waals surface area contributed by atoms with E-state index in [1.54, 1.807) is 25.3 Å². The van der Waals surface area contributed by atoms with Gasteiger partial charge in [-0.3, -0.25) is 9.59 Å². The highest BCUT2D eigenvalue weighted by molar-refractivity contribution is 7.09. The highest BCUT2D eigenvalue weighted by Crippen LogP contribution is 2.33. The van der Waals surface area contributed by atoms with Crippen LogP contribution in [0.1, 0.15) is 64.6 Å². The van der Waals surface area contributed by atoms with Gasteiger partial charge in [-0.25, -0.2) is 4.98 Å². The molecule has 6 nitrogen and oxygen atoms in total. The first-order chi connectivity index (χ1) is 17.0. The Bertz CT molecular complexity index is 1060. The van der Waals surface area contributed by atoms with Crippen LogP contribution in [0, 0.1) is 24.2 Å². The van der Waals surface area contributed by atoms with Gasteiger partial charge in [0.15, 0.2) is 0 Å². The number of aliphatic hydroxyl groups is 2. The summed E-state index contributed by atoms with van der Waals surface area (Å²) in [5.41, 5.74) is -1.11. The van der Waals surface area contributed by atoms with Gasteiger partial charge in [-0.05, 0) is 31.9 Å². The number of carbonyl (C=O) groups is 2. The minimum atomic E-state index is -4.61. The van der Waals surface area contributed by atoms with Crippen LogP contribution in [0.3, 0.4) is 0 Å². The number of cyclic esters (lactones) is 1. The summed E-state index contributed by atoms with van der Waals surface area (Å²) in [7, 11) is 0. The van der Waals surface area contributed by atoms with Crippen LogP contribution in [0.15, 0.2) is 34.8 Å². The maximum absolute atomic E-state index is 13.8. The van der Waals surface area contributed by atoms with Crippen molar-refractivity contribution in [2.45, 2.75) is 85.3 Å². The molecule has 0 bridgehead atoms. The zero-order valence-electron chi connectivity index (χ0n) is 22.0. The van der Waals surface area contributed by atoms with Gasteiger partial charge in [0.05, 0.1) is 34.7 Å². The second-order valence-corrected chi connectivity index (χ2v) is 11.3. The number of ketones is 1. The third kappa shape index (κ3) is 8.35. The number of rotatable bonds is 2. The molecule has 0 saturated heterocycles. The van der Waals surface area contributed by atoms with Crippen LogP contribution in [0.2, 0.25) is 0 Å². The number of aryl methyl sites for hydroxylation is 1. The van der Waals surface area contributed by atoms with Crippen molar-refractivity contribution in [1.29, 1.82) is 0 Å². The van der Waals surface area contributed by atoms with Crippen molar-refractivity contribution in [2.75, 3.05) is 0 Å². The fraction of sp³-hybridized carbons (Fsp3) is 0.593. The molecule has 1 aromatic heterocycles. The molecule has 3 unspecified atom stereocenters. The number of carbonyl (C=O) groups excluding carboxylic acids is 2. The highest BCUT2D eigenvalue weighted by Gasteiger charge is 2.42. The lowest BCUT2D eigenvalue weighted by molar-refractivity contribution is -0.154. The van der Waals surface area contributed by atoms with Gasteiger partial charge in [0.25, 0.3) is 0 Å². The van der Waals surface area contributed by atoms with E-state index >= 15 is 0 Å². The first kappa shape index (κ1) is 30.9. The Labute approximate surface area is 219 Å². The molecule has 0 spiro atoms. The molecular weight excluding hydrogens is 507 g/mol. The average Bonchev–Trinajstić information content (AvgIpc) is 3.21. The molecule has 0 aliphatic carbocycles. The number of hydrogen-bond donors (Lipinski definition) is 2. The maximum atomic E-state index is 13.8. The summed E-state index contributed by atoms with van der Waals surface area (Å²) < 4.78 is 46.8. The van der Waals surface area contributed by atoms with E-state index in [1.165, 1.54) is 44.3 Å². The van der Waals surface area contributed by atoms with Gasteiger partial charge in [0.1, 0.15) is 11.9 Å². The molecule has 2 rings (SSSR count). The van der Waals surface area contributed by atoms with Crippen molar-refractivity contribution in [3.8, 4) is 0 Å². The zero-order chi connectivity index (χ0) is 28.1. The van der Waals surface area contributed by atoms with Crippen LogP contribution in [-0.4, -0.2) is 51.4 Å². The first-order valence-corrected chi connectivity index (χ1v) is 13.0. The second-order valence-electron chi connectivity index (χ2n) is 10.2. The quantitative estimate of drug-likeness (QED) is 0.373. The Morgan fingerprint density at radius 1 is 1.24 bits per heavy atom. The van der Waals surface area contributed by atoms with Crippen molar-refractivity contribution >= 4 is 29.2 Å². The molecule has 206 valence electrons. The smallest absolute Gasteiger partial charge is 0.412 e. The lowest BCUT2D eigenvalue weighted by Gasteiger charge is -2.34. The van der Waals surface area contributed by atoms with E-state index in [0.717, 1.165) is 11.1 Å². The predicted octanol–water partition coefficient (Wildman–Crippen LogP) is 5.58. The normalized spacial score (nSPS) is 31.4. The minimum absolute atomic E-state index is 0.243. The van der Waals surface area contributed by atoms with E-state index in [4.69, 9.17) is 4.74 Å². The number of Topliss-reactive ketones (excluding diaryl/α,β-unsaturated/α-hetero) is 1. The molecular formula is C27H36F3NO5S. The summed E-state index contributed by atoms with van der Waals surface area (Å²) in [6, 6.07) is 0. The largest absolute Gasteiger partial charge is 0.457 e. The van der Waals surface area contributed by atoms with Crippen LogP contribution >= 0.6 is 11.3 Å². The molecule has 0 amide bonds. The Balaban J connectivity index is 2.50. The van der Waals surface area contributed by atoms with Crippen LogP contribution in [0.25, 0.3) is 6.08 Å². The number of esters is 1. The number of aliphatic hydroxyl groups excluding tert-OH is 2. The molecule has 10 heteroatoms. The van der Waals surface area contributed by atoms with E-state index in [0.29, 0.717) is 11.3 Å². The summed E-state index contributed by atoms with van der Waals surface area (Å²) in [5.74, 6) is -2.85. The molecule has 0 fully saturated rings. The summed E-state index contributed by atoms with van der Waals surface area (Å²) in [5, 5.41) is 24.0. The third-order valence-corrected chi connectivity index (χ3v) is 7.60. The first-order valence-electron chi connectivity index (χ1n) is 12.2. The van der Waals surface area contributed by atoms with Crippen LogP contribution in [-0.2, 0) is 14.3 Å². The fourth-order valence-corrected chi connectivity index (χ4v) is 4.74. The van der Waals surface area contributed by atoms with Crippen molar-refractivity contribution in [3.05, 3.63) is 45.5 Å². The van der Waals surface area contributed by atoms with Gasteiger partial charge < -0.3 is 14.9 Å². The van der Waals surface area contributed by atoms with Crippen LogP contribution in [0.5, 0.6) is 0 Å². The zero-order valence-corrected chi connectivity index (χ0v) is 22.8. The summed E-state index contributed by atoms with van der Waals surface area (Å²) >= 11 is 1.41.